The molecule has 5 heteroatoms. The van der Waals surface area contributed by atoms with Crippen molar-refractivity contribution in [2.24, 2.45) is 5.41 Å². The lowest BCUT2D eigenvalue weighted by molar-refractivity contribution is -0.143. The fourth-order valence-electron chi connectivity index (χ4n) is 1.89. The first-order valence-electron chi connectivity index (χ1n) is 7.87. The van der Waals surface area contributed by atoms with E-state index in [4.69, 9.17) is 4.74 Å². The third-order valence-electron chi connectivity index (χ3n) is 3.34. The summed E-state index contributed by atoms with van der Waals surface area (Å²) in [5.74, 6) is 0.0698. The molecule has 1 aromatic heterocycles. The van der Waals surface area contributed by atoms with E-state index < -0.39 is 5.41 Å². The lowest BCUT2D eigenvalue weighted by atomic mass is 9.97. The number of rotatable bonds is 5. The van der Waals surface area contributed by atoms with E-state index in [0.717, 1.165) is 5.56 Å². The summed E-state index contributed by atoms with van der Waals surface area (Å²) in [6.07, 6.45) is 2.28. The van der Waals surface area contributed by atoms with Crippen LogP contribution in [-0.4, -0.2) is 23.4 Å². The van der Waals surface area contributed by atoms with E-state index in [-0.39, 0.29) is 11.9 Å². The molecule has 0 aliphatic rings. The number of hydrogen-bond acceptors (Lipinski definition) is 4. The van der Waals surface area contributed by atoms with Crippen LogP contribution < -0.4 is 10.1 Å². The highest BCUT2D eigenvalue weighted by molar-refractivity contribution is 5.92. The first-order chi connectivity index (χ1) is 11.4. The first-order valence-corrected chi connectivity index (χ1v) is 7.87. The monoisotopic (exact) mass is 326 g/mol. The molecular weight excluding hydrogens is 304 g/mol. The maximum atomic E-state index is 11.9. The van der Waals surface area contributed by atoms with Crippen LogP contribution in [0.3, 0.4) is 0 Å². The Morgan fingerprint density at radius 2 is 1.79 bits per heavy atom. The van der Waals surface area contributed by atoms with Crippen LogP contribution >= 0.6 is 0 Å². The number of pyridine rings is 1. The van der Waals surface area contributed by atoms with Crippen LogP contribution in [-0.2, 0) is 11.2 Å². The summed E-state index contributed by atoms with van der Waals surface area (Å²) in [6, 6.07) is 12.5. The molecule has 24 heavy (non-hydrogen) atoms. The van der Waals surface area contributed by atoms with Gasteiger partial charge in [-0.2, -0.15) is 0 Å². The van der Waals surface area contributed by atoms with Crippen molar-refractivity contribution in [3.05, 3.63) is 59.9 Å². The SMILES string of the molecule is CC(C)(C)C(=O)Oc1ccc(CCNC(=O)c2ccccn2)cc1. The first kappa shape index (κ1) is 17.7. The summed E-state index contributed by atoms with van der Waals surface area (Å²) >= 11 is 0. The summed E-state index contributed by atoms with van der Waals surface area (Å²) in [6.45, 7) is 5.95. The molecule has 0 radical (unpaired) electrons. The Morgan fingerprint density at radius 1 is 1.08 bits per heavy atom. The summed E-state index contributed by atoms with van der Waals surface area (Å²) < 4.78 is 5.32. The number of aromatic nitrogens is 1. The Hall–Kier alpha value is -2.69. The Labute approximate surface area is 142 Å². The predicted molar refractivity (Wildman–Crippen MR) is 91.8 cm³/mol. The van der Waals surface area contributed by atoms with Gasteiger partial charge in [0.25, 0.3) is 5.91 Å². The molecule has 1 amide bonds. The number of amides is 1. The average molecular weight is 326 g/mol. The second kappa shape index (κ2) is 7.73. The molecule has 126 valence electrons. The fraction of sp³-hybridized carbons (Fsp3) is 0.316. The molecule has 0 atom stereocenters. The van der Waals surface area contributed by atoms with Crippen molar-refractivity contribution in [2.75, 3.05) is 6.54 Å². The third-order valence-corrected chi connectivity index (χ3v) is 3.34. The second-order valence-electron chi connectivity index (χ2n) is 6.50. The van der Waals surface area contributed by atoms with E-state index in [1.807, 2.05) is 32.9 Å². The topological polar surface area (TPSA) is 68.3 Å². The molecule has 0 unspecified atom stereocenters. The molecule has 0 spiro atoms. The van der Waals surface area contributed by atoms with E-state index in [9.17, 15) is 9.59 Å². The highest BCUT2D eigenvalue weighted by atomic mass is 16.5. The maximum Gasteiger partial charge on any atom is 0.316 e. The zero-order valence-electron chi connectivity index (χ0n) is 14.2. The smallest absolute Gasteiger partial charge is 0.316 e. The van der Waals surface area contributed by atoms with Crippen molar-refractivity contribution in [3.63, 3.8) is 0 Å². The van der Waals surface area contributed by atoms with Crippen molar-refractivity contribution in [1.82, 2.24) is 10.3 Å². The number of hydrogen-bond donors (Lipinski definition) is 1. The highest BCUT2D eigenvalue weighted by Crippen LogP contribution is 2.19. The molecule has 0 saturated heterocycles. The van der Waals surface area contributed by atoms with Crippen LogP contribution in [0.4, 0.5) is 0 Å². The quantitative estimate of drug-likeness (QED) is 0.677. The molecule has 0 fully saturated rings. The summed E-state index contributed by atoms with van der Waals surface area (Å²) in [5.41, 5.74) is 0.919. The number of ether oxygens (including phenoxy) is 1. The van der Waals surface area contributed by atoms with Crippen LogP contribution in [0.1, 0.15) is 36.8 Å². The Kier molecular flexibility index (Phi) is 5.68. The normalized spacial score (nSPS) is 11.0. The van der Waals surface area contributed by atoms with Gasteiger partial charge in [-0.25, -0.2) is 0 Å². The van der Waals surface area contributed by atoms with E-state index in [0.29, 0.717) is 24.4 Å². The van der Waals surface area contributed by atoms with Crippen molar-refractivity contribution in [3.8, 4) is 5.75 Å². The minimum absolute atomic E-state index is 0.189. The van der Waals surface area contributed by atoms with Gasteiger partial charge in [-0.1, -0.05) is 18.2 Å². The molecule has 0 aliphatic heterocycles. The zero-order chi connectivity index (χ0) is 17.6. The minimum Gasteiger partial charge on any atom is -0.426 e. The third kappa shape index (κ3) is 5.19. The van der Waals surface area contributed by atoms with Crippen molar-refractivity contribution in [2.45, 2.75) is 27.2 Å². The molecule has 1 aromatic carbocycles. The summed E-state index contributed by atoms with van der Waals surface area (Å²) in [7, 11) is 0. The lowest BCUT2D eigenvalue weighted by Crippen LogP contribution is -2.26. The van der Waals surface area contributed by atoms with Gasteiger partial charge in [-0.3, -0.25) is 14.6 Å². The van der Waals surface area contributed by atoms with Gasteiger partial charge in [0.1, 0.15) is 11.4 Å². The lowest BCUT2D eigenvalue weighted by Gasteiger charge is -2.16. The number of nitrogens with zero attached hydrogens (tertiary/aromatic N) is 1. The molecular formula is C19H22N2O3. The van der Waals surface area contributed by atoms with Crippen LogP contribution in [0.5, 0.6) is 5.75 Å². The van der Waals surface area contributed by atoms with Crippen molar-refractivity contribution in [1.29, 1.82) is 0 Å². The van der Waals surface area contributed by atoms with E-state index in [1.165, 1.54) is 0 Å². The van der Waals surface area contributed by atoms with E-state index in [2.05, 4.69) is 10.3 Å². The number of carbonyl (C=O) groups excluding carboxylic acids is 2. The van der Waals surface area contributed by atoms with Gasteiger partial charge in [0.15, 0.2) is 0 Å². The number of nitrogens with one attached hydrogen (secondary N) is 1. The van der Waals surface area contributed by atoms with Crippen molar-refractivity contribution >= 4 is 11.9 Å². The number of carbonyl (C=O) groups is 2. The molecule has 0 aliphatic carbocycles. The standard InChI is InChI=1S/C19H22N2O3/c1-19(2,3)18(23)24-15-9-7-14(8-10-15)11-13-21-17(22)16-6-4-5-12-20-16/h4-10,12H,11,13H2,1-3H3,(H,21,22). The fourth-order valence-corrected chi connectivity index (χ4v) is 1.89. The molecule has 0 bridgehead atoms. The summed E-state index contributed by atoms with van der Waals surface area (Å²) in [4.78, 5) is 27.7. The van der Waals surface area contributed by atoms with Gasteiger partial charge in [-0.05, 0) is 57.0 Å². The number of benzene rings is 1. The summed E-state index contributed by atoms with van der Waals surface area (Å²) in [5, 5.41) is 2.83. The minimum atomic E-state index is -0.533. The van der Waals surface area contributed by atoms with Crippen LogP contribution in [0, 0.1) is 5.41 Å². The van der Waals surface area contributed by atoms with Crippen molar-refractivity contribution < 1.29 is 14.3 Å². The molecule has 5 nitrogen and oxygen atoms in total. The van der Waals surface area contributed by atoms with Crippen LogP contribution in [0.15, 0.2) is 48.7 Å². The molecule has 0 saturated carbocycles. The second-order valence-corrected chi connectivity index (χ2v) is 6.50. The van der Waals surface area contributed by atoms with E-state index in [1.54, 1.807) is 36.5 Å². The maximum absolute atomic E-state index is 11.9. The number of esters is 1. The van der Waals surface area contributed by atoms with Gasteiger partial charge in [0, 0.05) is 12.7 Å². The van der Waals surface area contributed by atoms with E-state index >= 15 is 0 Å². The van der Waals surface area contributed by atoms with Gasteiger partial charge in [0.05, 0.1) is 5.41 Å². The van der Waals surface area contributed by atoms with Gasteiger partial charge < -0.3 is 10.1 Å². The molecule has 2 rings (SSSR count). The molecule has 1 N–H and O–H groups in total. The van der Waals surface area contributed by atoms with Gasteiger partial charge >= 0.3 is 5.97 Å². The average Bonchev–Trinajstić information content (AvgIpc) is 2.56. The van der Waals surface area contributed by atoms with Crippen LogP contribution in [0.2, 0.25) is 0 Å². The Bertz CT molecular complexity index is 689. The molecule has 2 aromatic rings. The highest BCUT2D eigenvalue weighted by Gasteiger charge is 2.23. The van der Waals surface area contributed by atoms with Gasteiger partial charge in [-0.15, -0.1) is 0 Å². The van der Waals surface area contributed by atoms with Gasteiger partial charge in [0.2, 0.25) is 0 Å². The Balaban J connectivity index is 1.82. The Morgan fingerprint density at radius 3 is 2.38 bits per heavy atom. The largest absolute Gasteiger partial charge is 0.426 e. The zero-order valence-corrected chi connectivity index (χ0v) is 14.2. The predicted octanol–water partition coefficient (Wildman–Crippen LogP) is 3.01. The molecule has 1 heterocycles. The van der Waals surface area contributed by atoms with Crippen LogP contribution in [0.25, 0.3) is 0 Å².